The molecule has 0 aliphatic rings. The molecule has 66 heavy (non-hydrogen) atoms. The number of allylic oxidation sites excluding steroid dienone is 6. The Hall–Kier alpha value is -2.37. The largest absolute Gasteiger partial charge is 0.462 e. The van der Waals surface area contributed by atoms with Crippen LogP contribution in [0.5, 0.6) is 0 Å². The molecule has 6 heteroatoms. The van der Waals surface area contributed by atoms with Crippen molar-refractivity contribution in [2.45, 2.75) is 316 Å². The van der Waals surface area contributed by atoms with E-state index in [9.17, 15) is 14.4 Å². The van der Waals surface area contributed by atoms with Gasteiger partial charge in [0, 0.05) is 19.3 Å². The van der Waals surface area contributed by atoms with Crippen molar-refractivity contribution in [1.29, 1.82) is 0 Å². The second kappa shape index (κ2) is 55.2. The number of ether oxygens (including phenoxy) is 3. The van der Waals surface area contributed by atoms with Crippen LogP contribution >= 0.6 is 0 Å². The fourth-order valence-corrected chi connectivity index (χ4v) is 8.47. The summed E-state index contributed by atoms with van der Waals surface area (Å²) in [6.45, 7) is 6.62. The first-order chi connectivity index (χ1) is 32.5. The molecule has 0 aromatic heterocycles. The molecule has 0 fully saturated rings. The Kier molecular flexibility index (Phi) is 53.2. The Morgan fingerprint density at radius 1 is 0.303 bits per heavy atom. The third-order valence-electron chi connectivity index (χ3n) is 12.9. The van der Waals surface area contributed by atoms with Crippen LogP contribution in [0.2, 0.25) is 0 Å². The number of carbonyl (C=O) groups is 3. The molecular weight excluding hydrogens is 817 g/mol. The Morgan fingerprint density at radius 2 is 0.545 bits per heavy atom. The van der Waals surface area contributed by atoms with Gasteiger partial charge in [0.25, 0.3) is 0 Å². The predicted octanol–water partition coefficient (Wildman–Crippen LogP) is 19.3. The smallest absolute Gasteiger partial charge is 0.306 e. The Morgan fingerprint density at radius 3 is 0.879 bits per heavy atom. The van der Waals surface area contributed by atoms with E-state index in [1.807, 2.05) is 0 Å². The molecule has 0 aromatic carbocycles. The fraction of sp³-hybridized carbons (Fsp3) is 0.850. The lowest BCUT2D eigenvalue weighted by atomic mass is 10.0. The highest BCUT2D eigenvalue weighted by Crippen LogP contribution is 2.17. The minimum Gasteiger partial charge on any atom is -0.462 e. The first-order valence-corrected chi connectivity index (χ1v) is 29.0. The monoisotopic (exact) mass is 927 g/mol. The molecule has 0 aliphatic heterocycles. The standard InChI is InChI=1S/C60H110O6/c1-4-7-10-13-16-19-22-25-27-29-30-32-33-35-38-41-44-47-50-53-59(62)65-56-57(55-64-58(61)52-49-46-43-40-37-24-21-18-15-12-9-6-3)66-60(63)54-51-48-45-42-39-36-34-31-28-26-23-20-17-14-11-8-5-2/h17-18,20-21,26,28,57H,4-16,19,22-25,27,29-56H2,1-3H3/b20-17-,21-18-,28-26-. The van der Waals surface area contributed by atoms with Crippen molar-refractivity contribution < 1.29 is 28.6 Å². The lowest BCUT2D eigenvalue weighted by molar-refractivity contribution is -0.167. The Balaban J connectivity index is 4.32. The summed E-state index contributed by atoms with van der Waals surface area (Å²) in [7, 11) is 0. The number of hydrogen-bond donors (Lipinski definition) is 0. The van der Waals surface area contributed by atoms with Crippen molar-refractivity contribution in [3.8, 4) is 0 Å². The molecule has 0 rings (SSSR count). The number of esters is 3. The molecule has 1 unspecified atom stereocenters. The van der Waals surface area contributed by atoms with Gasteiger partial charge < -0.3 is 14.2 Å². The molecule has 0 radical (unpaired) electrons. The topological polar surface area (TPSA) is 78.9 Å². The molecule has 0 saturated heterocycles. The van der Waals surface area contributed by atoms with Crippen molar-refractivity contribution in [1.82, 2.24) is 0 Å². The normalized spacial score (nSPS) is 12.2. The highest BCUT2D eigenvalue weighted by molar-refractivity contribution is 5.71. The Bertz CT molecular complexity index is 1110. The predicted molar refractivity (Wildman–Crippen MR) is 284 cm³/mol. The molecule has 0 aliphatic carbocycles. The summed E-state index contributed by atoms with van der Waals surface area (Å²) in [5, 5.41) is 0. The summed E-state index contributed by atoms with van der Waals surface area (Å²) in [6.07, 6.45) is 65.6. The van der Waals surface area contributed by atoms with Crippen LogP contribution < -0.4 is 0 Å². The van der Waals surface area contributed by atoms with E-state index >= 15 is 0 Å². The lowest BCUT2D eigenvalue weighted by Gasteiger charge is -2.18. The lowest BCUT2D eigenvalue weighted by Crippen LogP contribution is -2.30. The maximum atomic E-state index is 12.8. The molecule has 0 bridgehead atoms. The second-order valence-electron chi connectivity index (χ2n) is 19.6. The van der Waals surface area contributed by atoms with Crippen LogP contribution in [-0.2, 0) is 28.6 Å². The number of carbonyl (C=O) groups excluding carboxylic acids is 3. The highest BCUT2D eigenvalue weighted by atomic mass is 16.6. The summed E-state index contributed by atoms with van der Waals surface area (Å²) in [5.74, 6) is -0.875. The van der Waals surface area contributed by atoms with Crippen molar-refractivity contribution in [2.24, 2.45) is 0 Å². The van der Waals surface area contributed by atoms with E-state index < -0.39 is 6.10 Å². The van der Waals surface area contributed by atoms with Crippen LogP contribution in [0, 0.1) is 0 Å². The SMILES string of the molecule is CCCCC/C=C\C/C=C\CCCCCCCCCC(=O)OC(COC(=O)CCCCCCC/C=C\CCCCC)COC(=O)CCCCCCCCCCCCCCCCCCCCC. The van der Waals surface area contributed by atoms with Gasteiger partial charge >= 0.3 is 17.9 Å². The molecule has 386 valence electrons. The van der Waals surface area contributed by atoms with Gasteiger partial charge in [0.2, 0.25) is 0 Å². The number of unbranched alkanes of at least 4 members (excludes halogenated alkanes) is 36. The quantitative estimate of drug-likeness (QED) is 0.0262. The molecule has 0 N–H and O–H groups in total. The van der Waals surface area contributed by atoms with Crippen LogP contribution in [-0.4, -0.2) is 37.2 Å². The van der Waals surface area contributed by atoms with Crippen LogP contribution in [0.15, 0.2) is 36.5 Å². The first kappa shape index (κ1) is 63.6. The zero-order chi connectivity index (χ0) is 47.9. The number of hydrogen-bond acceptors (Lipinski definition) is 6. The molecular formula is C60H110O6. The van der Waals surface area contributed by atoms with Crippen LogP contribution in [0.25, 0.3) is 0 Å². The summed E-state index contributed by atoms with van der Waals surface area (Å²) < 4.78 is 16.9. The van der Waals surface area contributed by atoms with Crippen molar-refractivity contribution in [2.75, 3.05) is 13.2 Å². The third kappa shape index (κ3) is 52.6. The summed E-state index contributed by atoms with van der Waals surface area (Å²) >= 11 is 0. The van der Waals surface area contributed by atoms with E-state index in [0.717, 1.165) is 77.0 Å². The fourth-order valence-electron chi connectivity index (χ4n) is 8.47. The van der Waals surface area contributed by atoms with Gasteiger partial charge in [0.1, 0.15) is 13.2 Å². The molecule has 0 aromatic rings. The van der Waals surface area contributed by atoms with E-state index in [1.54, 1.807) is 0 Å². The van der Waals surface area contributed by atoms with Crippen molar-refractivity contribution >= 4 is 17.9 Å². The molecule has 0 spiro atoms. The van der Waals surface area contributed by atoms with Gasteiger partial charge in [-0.25, -0.2) is 0 Å². The van der Waals surface area contributed by atoms with E-state index in [4.69, 9.17) is 14.2 Å². The van der Waals surface area contributed by atoms with Gasteiger partial charge in [0.05, 0.1) is 0 Å². The van der Waals surface area contributed by atoms with Crippen LogP contribution in [0.1, 0.15) is 310 Å². The molecule has 0 saturated carbocycles. The zero-order valence-electron chi connectivity index (χ0n) is 44.2. The highest BCUT2D eigenvalue weighted by Gasteiger charge is 2.19. The van der Waals surface area contributed by atoms with E-state index in [2.05, 4.69) is 57.2 Å². The van der Waals surface area contributed by atoms with Gasteiger partial charge in [-0.3, -0.25) is 14.4 Å². The van der Waals surface area contributed by atoms with E-state index in [-0.39, 0.29) is 31.1 Å². The van der Waals surface area contributed by atoms with Gasteiger partial charge in [-0.05, 0) is 77.0 Å². The minimum atomic E-state index is -0.776. The van der Waals surface area contributed by atoms with Crippen LogP contribution in [0.4, 0.5) is 0 Å². The van der Waals surface area contributed by atoms with Gasteiger partial charge in [-0.2, -0.15) is 0 Å². The minimum absolute atomic E-state index is 0.0744. The van der Waals surface area contributed by atoms with Gasteiger partial charge in [0.15, 0.2) is 6.10 Å². The average molecular weight is 928 g/mol. The average Bonchev–Trinajstić information content (AvgIpc) is 3.31. The molecule has 0 amide bonds. The summed E-state index contributed by atoms with van der Waals surface area (Å²) in [5.41, 5.74) is 0. The van der Waals surface area contributed by atoms with Gasteiger partial charge in [-0.1, -0.05) is 250 Å². The molecule has 1 atom stereocenters. The van der Waals surface area contributed by atoms with Crippen LogP contribution in [0.3, 0.4) is 0 Å². The number of rotatable bonds is 53. The third-order valence-corrected chi connectivity index (χ3v) is 12.9. The maximum Gasteiger partial charge on any atom is 0.306 e. The summed E-state index contributed by atoms with van der Waals surface area (Å²) in [6, 6.07) is 0. The van der Waals surface area contributed by atoms with Crippen molar-refractivity contribution in [3.63, 3.8) is 0 Å². The van der Waals surface area contributed by atoms with Crippen molar-refractivity contribution in [3.05, 3.63) is 36.5 Å². The molecule has 6 nitrogen and oxygen atoms in total. The molecule has 0 heterocycles. The summed E-state index contributed by atoms with van der Waals surface area (Å²) in [4.78, 5) is 38.1. The zero-order valence-corrected chi connectivity index (χ0v) is 44.2. The Labute approximate surface area is 410 Å². The van der Waals surface area contributed by atoms with E-state index in [1.165, 1.54) is 193 Å². The maximum absolute atomic E-state index is 12.8. The van der Waals surface area contributed by atoms with E-state index in [0.29, 0.717) is 19.3 Å². The first-order valence-electron chi connectivity index (χ1n) is 29.0. The second-order valence-corrected chi connectivity index (χ2v) is 19.6. The van der Waals surface area contributed by atoms with Gasteiger partial charge in [-0.15, -0.1) is 0 Å².